The molecule has 5 nitrogen and oxygen atoms in total. The zero-order valence-corrected chi connectivity index (χ0v) is 29.9. The molecule has 0 bridgehead atoms. The van der Waals surface area contributed by atoms with Crippen LogP contribution < -0.4 is 0 Å². The molecule has 254 valence electrons. The fourth-order valence-corrected chi connectivity index (χ4v) is 10.2. The Morgan fingerprint density at radius 2 is 1.09 bits per heavy atom. The monoisotopic (exact) mass is 718 g/mol. The quantitative estimate of drug-likeness (QED) is 0.182. The van der Waals surface area contributed by atoms with E-state index in [0.29, 0.717) is 17.5 Å². The maximum absolute atomic E-state index is 6.31. The van der Waals surface area contributed by atoms with Crippen LogP contribution in [-0.4, -0.2) is 19.4 Å². The van der Waals surface area contributed by atoms with Crippen molar-refractivity contribution >= 4 is 102 Å². The maximum atomic E-state index is 6.31. The molecule has 0 atom stereocenters. The predicted octanol–water partition coefficient (Wildman–Crippen LogP) is 13.4. The fraction of sp³-hybridized carbons (Fsp3) is 0. The van der Waals surface area contributed by atoms with Gasteiger partial charge in [-0.05, 0) is 64.7 Å². The Morgan fingerprint density at radius 3 is 2.04 bits per heavy atom. The van der Waals surface area contributed by atoms with Gasteiger partial charge < -0.3 is 8.82 Å². The van der Waals surface area contributed by atoms with Crippen LogP contribution in [0.25, 0.3) is 125 Å². The Labute approximate surface area is 316 Å². The minimum absolute atomic E-state index is 0.606. The maximum Gasteiger partial charge on any atom is 0.164 e. The molecule has 5 aromatic heterocycles. The zero-order chi connectivity index (χ0) is 35.8. The summed E-state index contributed by atoms with van der Waals surface area (Å²) in [5, 5.41) is 11.8. The minimum Gasteiger partial charge on any atom is -0.456 e. The van der Waals surface area contributed by atoms with Crippen LogP contribution in [0.4, 0.5) is 0 Å². The average molecular weight is 719 g/mol. The van der Waals surface area contributed by atoms with Gasteiger partial charge in [0.1, 0.15) is 11.2 Å². The third kappa shape index (κ3) is 3.98. The topological polar surface area (TPSA) is 56.2 Å². The Bertz CT molecular complexity index is 3720. The second-order valence-corrected chi connectivity index (χ2v) is 15.4. The number of benzene rings is 8. The number of thiophene rings is 1. The molecule has 0 aliphatic carbocycles. The van der Waals surface area contributed by atoms with Crippen LogP contribution >= 0.6 is 11.3 Å². The van der Waals surface area contributed by atoms with Crippen molar-refractivity contribution in [3.8, 4) is 34.2 Å². The van der Waals surface area contributed by atoms with Crippen LogP contribution in [0.2, 0.25) is 0 Å². The summed E-state index contributed by atoms with van der Waals surface area (Å²) in [7, 11) is 0. The molecular weight excluding hydrogens is 693 g/mol. The van der Waals surface area contributed by atoms with Gasteiger partial charge in [-0.2, -0.15) is 0 Å². The van der Waals surface area contributed by atoms with Gasteiger partial charge in [0, 0.05) is 63.8 Å². The van der Waals surface area contributed by atoms with Gasteiger partial charge in [-0.25, -0.2) is 15.0 Å². The van der Waals surface area contributed by atoms with Gasteiger partial charge in [0.25, 0.3) is 0 Å². The Balaban J connectivity index is 1.13. The second-order valence-electron chi connectivity index (χ2n) is 14.3. The highest BCUT2D eigenvalue weighted by Gasteiger charge is 2.22. The van der Waals surface area contributed by atoms with Gasteiger partial charge in [-0.1, -0.05) is 109 Å². The summed E-state index contributed by atoms with van der Waals surface area (Å²) in [4.78, 5) is 15.8. The van der Waals surface area contributed by atoms with Gasteiger partial charge in [0.05, 0.1) is 16.6 Å². The smallest absolute Gasteiger partial charge is 0.164 e. The van der Waals surface area contributed by atoms with Gasteiger partial charge >= 0.3 is 0 Å². The highest BCUT2D eigenvalue weighted by Crippen LogP contribution is 2.47. The molecule has 8 aromatic carbocycles. The first-order valence-corrected chi connectivity index (χ1v) is 19.3. The van der Waals surface area contributed by atoms with E-state index in [9.17, 15) is 0 Å². The standard InChI is InChI=1S/C49H26N4OS/c1-2-12-29-27(10-1)11-7-16-33(29)48-50-47(51-49(52-48)35-17-8-20-40-43(35)34-14-4-6-19-39(34)54-40)28-22-24-38-36(26-28)32-23-25-42-45-44-31(15-9-21-41(44)55-42)30-13-3-5-18-37(30)53(38)46(32)45/h1-26H. The van der Waals surface area contributed by atoms with E-state index >= 15 is 0 Å². The number of furan rings is 1. The lowest BCUT2D eigenvalue weighted by Crippen LogP contribution is -2.01. The van der Waals surface area contributed by atoms with Crippen molar-refractivity contribution in [3.63, 3.8) is 0 Å². The second kappa shape index (κ2) is 10.7. The zero-order valence-electron chi connectivity index (χ0n) is 29.1. The number of para-hydroxylation sites is 2. The van der Waals surface area contributed by atoms with Crippen molar-refractivity contribution in [1.82, 2.24) is 19.4 Å². The van der Waals surface area contributed by atoms with Crippen molar-refractivity contribution < 1.29 is 4.42 Å². The molecule has 0 aliphatic heterocycles. The van der Waals surface area contributed by atoms with E-state index in [1.807, 2.05) is 41.7 Å². The van der Waals surface area contributed by atoms with E-state index in [0.717, 1.165) is 54.9 Å². The van der Waals surface area contributed by atoms with E-state index in [-0.39, 0.29) is 0 Å². The highest BCUT2D eigenvalue weighted by molar-refractivity contribution is 7.26. The first-order chi connectivity index (χ1) is 27.3. The van der Waals surface area contributed by atoms with Gasteiger partial charge in [0.15, 0.2) is 17.5 Å². The van der Waals surface area contributed by atoms with E-state index in [2.05, 4.69) is 132 Å². The SMILES string of the molecule is c1ccc2c(-c3nc(-c4ccc5c(c4)c4ccc6sc7cccc8c9ccccc9n5c4c6c78)nc(-c4cccc5oc6ccccc6c45)n3)cccc2c1. The molecule has 0 fully saturated rings. The molecule has 13 aromatic rings. The number of nitrogens with zero attached hydrogens (tertiary/aromatic N) is 4. The summed E-state index contributed by atoms with van der Waals surface area (Å²) in [6, 6.07) is 55.8. The summed E-state index contributed by atoms with van der Waals surface area (Å²) in [6.07, 6.45) is 0. The van der Waals surface area contributed by atoms with Crippen LogP contribution in [0, 0.1) is 0 Å². The van der Waals surface area contributed by atoms with Crippen molar-refractivity contribution in [2.45, 2.75) is 0 Å². The van der Waals surface area contributed by atoms with Crippen molar-refractivity contribution in [2.75, 3.05) is 0 Å². The number of hydrogen-bond acceptors (Lipinski definition) is 5. The van der Waals surface area contributed by atoms with Crippen LogP contribution in [-0.2, 0) is 0 Å². The predicted molar refractivity (Wildman–Crippen MR) is 228 cm³/mol. The molecule has 0 spiro atoms. The lowest BCUT2D eigenvalue weighted by atomic mass is 10.0. The number of rotatable bonds is 3. The Hall–Kier alpha value is -7.15. The molecular formula is C49H26N4OS. The number of aromatic nitrogens is 4. The van der Waals surface area contributed by atoms with E-state index < -0.39 is 0 Å². The van der Waals surface area contributed by atoms with Crippen molar-refractivity contribution in [1.29, 1.82) is 0 Å². The van der Waals surface area contributed by atoms with E-state index in [4.69, 9.17) is 19.4 Å². The Kier molecular flexibility index (Phi) is 5.71. The number of hydrogen-bond donors (Lipinski definition) is 0. The molecule has 0 radical (unpaired) electrons. The lowest BCUT2D eigenvalue weighted by Gasteiger charge is -2.11. The molecule has 13 rings (SSSR count). The van der Waals surface area contributed by atoms with Crippen LogP contribution in [0.1, 0.15) is 0 Å². The van der Waals surface area contributed by atoms with E-state index in [1.54, 1.807) is 0 Å². The third-order valence-corrected chi connectivity index (χ3v) is 12.5. The van der Waals surface area contributed by atoms with Gasteiger partial charge in [-0.15, -0.1) is 11.3 Å². The molecule has 55 heavy (non-hydrogen) atoms. The molecule has 5 heterocycles. The molecule has 6 heteroatoms. The van der Waals surface area contributed by atoms with E-state index in [1.165, 1.54) is 52.8 Å². The third-order valence-electron chi connectivity index (χ3n) is 11.4. The first kappa shape index (κ1) is 29.3. The summed E-state index contributed by atoms with van der Waals surface area (Å²) in [5.41, 5.74) is 8.05. The molecule has 0 N–H and O–H groups in total. The number of fused-ring (bicyclic) bond motifs is 10. The summed E-state index contributed by atoms with van der Waals surface area (Å²) in [6.45, 7) is 0. The normalized spacial score (nSPS) is 12.4. The molecule has 0 amide bonds. The first-order valence-electron chi connectivity index (χ1n) is 18.4. The largest absolute Gasteiger partial charge is 0.456 e. The molecule has 0 unspecified atom stereocenters. The minimum atomic E-state index is 0.606. The van der Waals surface area contributed by atoms with Crippen LogP contribution in [0.5, 0.6) is 0 Å². The van der Waals surface area contributed by atoms with Crippen LogP contribution in [0.3, 0.4) is 0 Å². The molecule has 0 saturated heterocycles. The fourth-order valence-electron chi connectivity index (χ4n) is 9.05. The van der Waals surface area contributed by atoms with Crippen molar-refractivity contribution in [3.05, 3.63) is 158 Å². The summed E-state index contributed by atoms with van der Waals surface area (Å²) < 4.78 is 11.4. The Morgan fingerprint density at radius 1 is 0.418 bits per heavy atom. The van der Waals surface area contributed by atoms with Gasteiger partial charge in [0.2, 0.25) is 0 Å². The lowest BCUT2D eigenvalue weighted by molar-refractivity contribution is 0.669. The average Bonchev–Trinajstić information content (AvgIpc) is 3.90. The van der Waals surface area contributed by atoms with Gasteiger partial charge in [-0.3, -0.25) is 0 Å². The van der Waals surface area contributed by atoms with Crippen LogP contribution in [0.15, 0.2) is 162 Å². The van der Waals surface area contributed by atoms with Crippen molar-refractivity contribution in [2.24, 2.45) is 0 Å². The molecule has 0 saturated carbocycles. The highest BCUT2D eigenvalue weighted by atomic mass is 32.1. The summed E-state index contributed by atoms with van der Waals surface area (Å²) >= 11 is 1.87. The summed E-state index contributed by atoms with van der Waals surface area (Å²) in [5.74, 6) is 1.86. The molecule has 0 aliphatic rings.